The molecule has 2 heterocycles. The number of halogens is 1. The highest BCUT2D eigenvalue weighted by atomic mass is 79.9. The first kappa shape index (κ1) is 13.4. The predicted molar refractivity (Wildman–Crippen MR) is 82.0 cm³/mol. The second-order valence-corrected chi connectivity index (χ2v) is 6.01. The Morgan fingerprint density at radius 3 is 2.75 bits per heavy atom. The number of piperidine rings is 1. The fraction of sp³-hybridized carbons (Fsp3) is 0.333. The van der Waals surface area contributed by atoms with Gasteiger partial charge in [0, 0.05) is 34.8 Å². The number of nitrogens with zero attached hydrogens (tertiary/aromatic N) is 2. The average Bonchev–Trinajstić information content (AvgIpc) is 2.46. The molecule has 0 unspecified atom stereocenters. The molecule has 1 aliphatic rings. The molecule has 0 aliphatic carbocycles. The van der Waals surface area contributed by atoms with E-state index in [0.29, 0.717) is 12.8 Å². The first-order valence-corrected chi connectivity index (χ1v) is 7.46. The summed E-state index contributed by atoms with van der Waals surface area (Å²) in [5, 5.41) is 10.2. The van der Waals surface area contributed by atoms with Crippen LogP contribution in [-0.4, -0.2) is 29.1 Å². The Kier molecular flexibility index (Phi) is 3.61. The quantitative estimate of drug-likeness (QED) is 0.915. The minimum Gasteiger partial charge on any atom is -0.481 e. The molecule has 5 heteroatoms. The molecule has 1 N–H and O–H groups in total. The summed E-state index contributed by atoms with van der Waals surface area (Å²) in [5.41, 5.74) is 2.10. The van der Waals surface area contributed by atoms with Gasteiger partial charge in [0.05, 0.1) is 11.4 Å². The number of pyridine rings is 1. The van der Waals surface area contributed by atoms with E-state index >= 15 is 0 Å². The van der Waals surface area contributed by atoms with Crippen molar-refractivity contribution in [3.63, 3.8) is 0 Å². The summed E-state index contributed by atoms with van der Waals surface area (Å²) in [6.07, 6.45) is 3.22. The van der Waals surface area contributed by atoms with Crippen molar-refractivity contribution in [1.29, 1.82) is 0 Å². The van der Waals surface area contributed by atoms with Crippen molar-refractivity contribution >= 4 is 38.5 Å². The zero-order valence-electron chi connectivity index (χ0n) is 10.9. The van der Waals surface area contributed by atoms with E-state index in [2.05, 4.69) is 31.9 Å². The lowest BCUT2D eigenvalue weighted by molar-refractivity contribution is -0.142. The Balaban J connectivity index is 1.91. The third-order valence-corrected chi connectivity index (χ3v) is 4.36. The summed E-state index contributed by atoms with van der Waals surface area (Å²) in [4.78, 5) is 17.7. The number of aromatic nitrogens is 1. The maximum absolute atomic E-state index is 11.0. The van der Waals surface area contributed by atoms with Crippen molar-refractivity contribution in [2.75, 3.05) is 18.0 Å². The highest BCUT2D eigenvalue weighted by molar-refractivity contribution is 9.10. The zero-order valence-corrected chi connectivity index (χ0v) is 12.5. The minimum atomic E-state index is -0.674. The maximum Gasteiger partial charge on any atom is 0.306 e. The van der Waals surface area contributed by atoms with E-state index in [1.807, 2.05) is 24.4 Å². The van der Waals surface area contributed by atoms with Gasteiger partial charge in [-0.3, -0.25) is 9.78 Å². The number of hydrogen-bond donors (Lipinski definition) is 1. The lowest BCUT2D eigenvalue weighted by Crippen LogP contribution is -2.36. The van der Waals surface area contributed by atoms with Gasteiger partial charge in [0.15, 0.2) is 0 Å². The molecule has 1 aromatic carbocycles. The van der Waals surface area contributed by atoms with Crippen molar-refractivity contribution < 1.29 is 9.90 Å². The van der Waals surface area contributed by atoms with Gasteiger partial charge in [-0.15, -0.1) is 0 Å². The third-order valence-electron chi connectivity index (χ3n) is 3.87. The van der Waals surface area contributed by atoms with Gasteiger partial charge in [-0.05, 0) is 37.1 Å². The largest absolute Gasteiger partial charge is 0.481 e. The number of anilines is 1. The number of fused-ring (bicyclic) bond motifs is 1. The van der Waals surface area contributed by atoms with Gasteiger partial charge in [0.2, 0.25) is 0 Å². The van der Waals surface area contributed by atoms with E-state index in [1.165, 1.54) is 0 Å². The van der Waals surface area contributed by atoms with E-state index < -0.39 is 5.97 Å². The van der Waals surface area contributed by atoms with Crippen LogP contribution in [0.1, 0.15) is 12.8 Å². The highest BCUT2D eigenvalue weighted by Gasteiger charge is 2.25. The van der Waals surface area contributed by atoms with Crippen LogP contribution in [0.4, 0.5) is 5.69 Å². The van der Waals surface area contributed by atoms with Crippen LogP contribution in [0.5, 0.6) is 0 Å². The van der Waals surface area contributed by atoms with Gasteiger partial charge in [0.1, 0.15) is 0 Å². The van der Waals surface area contributed by atoms with Crippen LogP contribution in [0.15, 0.2) is 34.9 Å². The summed E-state index contributed by atoms with van der Waals surface area (Å²) in [6.45, 7) is 1.56. The molecule has 1 aliphatic heterocycles. The Labute approximate surface area is 125 Å². The molecule has 0 bridgehead atoms. The standard InChI is InChI=1S/C15H15BrN2O2/c16-11-1-2-13-12(9-11)14(3-6-17-13)18-7-4-10(5-8-18)15(19)20/h1-3,6,9-10H,4-5,7-8H2,(H,19,20). The highest BCUT2D eigenvalue weighted by Crippen LogP contribution is 2.31. The first-order valence-electron chi connectivity index (χ1n) is 6.67. The Morgan fingerprint density at radius 1 is 1.30 bits per heavy atom. The van der Waals surface area contributed by atoms with Crippen LogP contribution >= 0.6 is 15.9 Å². The Bertz CT molecular complexity index is 651. The molecule has 0 spiro atoms. The molecule has 0 amide bonds. The lowest BCUT2D eigenvalue weighted by Gasteiger charge is -2.32. The zero-order chi connectivity index (χ0) is 14.1. The van der Waals surface area contributed by atoms with E-state index in [1.54, 1.807) is 0 Å². The first-order chi connectivity index (χ1) is 9.65. The van der Waals surface area contributed by atoms with Crippen LogP contribution in [-0.2, 0) is 4.79 Å². The average molecular weight is 335 g/mol. The van der Waals surface area contributed by atoms with Crippen molar-refractivity contribution in [3.8, 4) is 0 Å². The molecule has 2 aromatic rings. The molecular formula is C15H15BrN2O2. The number of hydrogen-bond acceptors (Lipinski definition) is 3. The third kappa shape index (κ3) is 2.50. The van der Waals surface area contributed by atoms with Crippen molar-refractivity contribution in [1.82, 2.24) is 4.98 Å². The van der Waals surface area contributed by atoms with Crippen LogP contribution in [0.3, 0.4) is 0 Å². The Morgan fingerprint density at radius 2 is 2.05 bits per heavy atom. The molecule has 104 valence electrons. The smallest absolute Gasteiger partial charge is 0.306 e. The fourth-order valence-corrected chi connectivity index (χ4v) is 3.11. The summed E-state index contributed by atoms with van der Waals surface area (Å²) in [7, 11) is 0. The molecule has 20 heavy (non-hydrogen) atoms. The summed E-state index contributed by atoms with van der Waals surface area (Å²) in [5.74, 6) is -0.877. The molecule has 0 atom stereocenters. The van der Waals surface area contributed by atoms with Crippen molar-refractivity contribution in [2.24, 2.45) is 5.92 Å². The molecule has 1 saturated heterocycles. The SMILES string of the molecule is O=C(O)C1CCN(c2ccnc3ccc(Br)cc23)CC1. The predicted octanol–water partition coefficient (Wildman–Crippen LogP) is 3.30. The second kappa shape index (κ2) is 5.40. The van der Waals surface area contributed by atoms with E-state index in [9.17, 15) is 4.79 Å². The van der Waals surface area contributed by atoms with E-state index in [0.717, 1.165) is 34.2 Å². The number of rotatable bonds is 2. The van der Waals surface area contributed by atoms with Crippen LogP contribution in [0.2, 0.25) is 0 Å². The van der Waals surface area contributed by atoms with Crippen molar-refractivity contribution in [3.05, 3.63) is 34.9 Å². The summed E-state index contributed by atoms with van der Waals surface area (Å²) < 4.78 is 1.03. The lowest BCUT2D eigenvalue weighted by atomic mass is 9.96. The molecule has 1 fully saturated rings. The monoisotopic (exact) mass is 334 g/mol. The number of carboxylic acids is 1. The normalized spacial score (nSPS) is 16.6. The van der Waals surface area contributed by atoms with Gasteiger partial charge >= 0.3 is 5.97 Å². The van der Waals surface area contributed by atoms with E-state index in [-0.39, 0.29) is 5.92 Å². The number of aliphatic carboxylic acids is 1. The summed E-state index contributed by atoms with van der Waals surface area (Å²) in [6, 6.07) is 8.06. The molecule has 3 rings (SSSR count). The molecule has 1 aromatic heterocycles. The van der Waals surface area contributed by atoms with Gasteiger partial charge in [-0.1, -0.05) is 15.9 Å². The summed E-state index contributed by atoms with van der Waals surface area (Å²) >= 11 is 3.50. The van der Waals surface area contributed by atoms with E-state index in [4.69, 9.17) is 5.11 Å². The maximum atomic E-state index is 11.0. The van der Waals surface area contributed by atoms with Gasteiger partial charge in [-0.25, -0.2) is 0 Å². The molecule has 0 radical (unpaired) electrons. The molecular weight excluding hydrogens is 320 g/mol. The molecule has 4 nitrogen and oxygen atoms in total. The van der Waals surface area contributed by atoms with Gasteiger partial charge in [0.25, 0.3) is 0 Å². The number of benzene rings is 1. The van der Waals surface area contributed by atoms with Crippen LogP contribution in [0.25, 0.3) is 10.9 Å². The second-order valence-electron chi connectivity index (χ2n) is 5.09. The van der Waals surface area contributed by atoms with Crippen LogP contribution < -0.4 is 4.90 Å². The number of carbonyl (C=O) groups is 1. The Hall–Kier alpha value is -1.62. The topological polar surface area (TPSA) is 53.4 Å². The van der Waals surface area contributed by atoms with Crippen LogP contribution in [0, 0.1) is 5.92 Å². The number of carboxylic acid groups (broad SMARTS) is 1. The van der Waals surface area contributed by atoms with Gasteiger partial charge in [-0.2, -0.15) is 0 Å². The van der Waals surface area contributed by atoms with Crippen molar-refractivity contribution in [2.45, 2.75) is 12.8 Å². The fourth-order valence-electron chi connectivity index (χ4n) is 2.75. The molecule has 0 saturated carbocycles. The van der Waals surface area contributed by atoms with Gasteiger partial charge < -0.3 is 10.0 Å². The minimum absolute atomic E-state index is 0.203.